The number of hydrogen-bond donors (Lipinski definition) is 1. The minimum absolute atomic E-state index is 0.144. The summed E-state index contributed by atoms with van der Waals surface area (Å²) in [7, 11) is 0. The van der Waals surface area contributed by atoms with Gasteiger partial charge in [-0.2, -0.15) is 9.50 Å². The van der Waals surface area contributed by atoms with Crippen molar-refractivity contribution in [3.8, 4) is 0 Å². The Balaban J connectivity index is 1.30. The summed E-state index contributed by atoms with van der Waals surface area (Å²) in [6.45, 7) is 5.92. The Morgan fingerprint density at radius 3 is 2.82 bits per heavy atom. The van der Waals surface area contributed by atoms with Crippen molar-refractivity contribution in [1.29, 1.82) is 0 Å². The second-order valence-corrected chi connectivity index (χ2v) is 8.92. The molecular formula is C20H28N6O2. The van der Waals surface area contributed by atoms with Crippen LogP contribution in [-0.2, 0) is 11.3 Å². The number of carbonyl (C=O) groups is 1. The second-order valence-electron chi connectivity index (χ2n) is 8.92. The molecule has 0 aromatic carbocycles. The zero-order valence-corrected chi connectivity index (χ0v) is 16.5. The van der Waals surface area contributed by atoms with Gasteiger partial charge in [-0.1, -0.05) is 6.42 Å². The van der Waals surface area contributed by atoms with Crippen molar-refractivity contribution in [2.75, 3.05) is 26.2 Å². The van der Waals surface area contributed by atoms with Crippen LogP contribution in [0.3, 0.4) is 0 Å². The summed E-state index contributed by atoms with van der Waals surface area (Å²) in [5.41, 5.74) is 0.349. The number of carbonyl (C=O) groups excluding carboxylic acids is 1. The molecule has 1 N–H and O–H groups in total. The number of aryl methyl sites for hydroxylation is 1. The Hall–Kier alpha value is -2.22. The van der Waals surface area contributed by atoms with Gasteiger partial charge < -0.3 is 4.90 Å². The lowest BCUT2D eigenvalue weighted by Crippen LogP contribution is -2.51. The van der Waals surface area contributed by atoms with E-state index >= 15 is 0 Å². The van der Waals surface area contributed by atoms with Crippen LogP contribution in [-0.4, -0.2) is 61.5 Å². The van der Waals surface area contributed by atoms with E-state index in [9.17, 15) is 9.59 Å². The lowest BCUT2D eigenvalue weighted by molar-refractivity contribution is -0.146. The predicted molar refractivity (Wildman–Crippen MR) is 104 cm³/mol. The molecule has 0 bridgehead atoms. The molecule has 8 heteroatoms. The van der Waals surface area contributed by atoms with E-state index < -0.39 is 0 Å². The number of rotatable bonds is 4. The molecule has 1 saturated carbocycles. The van der Waals surface area contributed by atoms with E-state index in [-0.39, 0.29) is 11.0 Å². The molecule has 150 valence electrons. The first-order valence-corrected chi connectivity index (χ1v) is 10.5. The second kappa shape index (κ2) is 6.69. The smallest absolute Gasteiger partial charge is 0.274 e. The summed E-state index contributed by atoms with van der Waals surface area (Å²) in [5, 5.41) is 2.90. The number of aromatic nitrogens is 4. The Bertz CT molecular complexity index is 961. The fraction of sp³-hybridized carbons (Fsp3) is 0.700. The number of hydrogen-bond acceptors (Lipinski definition) is 5. The van der Waals surface area contributed by atoms with Gasteiger partial charge in [0, 0.05) is 32.2 Å². The van der Waals surface area contributed by atoms with Crippen LogP contribution in [0.4, 0.5) is 0 Å². The number of nitrogens with zero attached hydrogens (tertiary/aromatic N) is 5. The largest absolute Gasteiger partial charge is 0.342 e. The van der Waals surface area contributed by atoms with Crippen LogP contribution in [0.1, 0.15) is 50.0 Å². The number of aromatic amines is 1. The summed E-state index contributed by atoms with van der Waals surface area (Å²) in [5.74, 6) is 2.16. The molecule has 2 aliphatic heterocycles. The highest BCUT2D eigenvalue weighted by molar-refractivity contribution is 5.84. The van der Waals surface area contributed by atoms with Crippen LogP contribution in [0.15, 0.2) is 10.9 Å². The number of likely N-dealkylation sites (tertiary alicyclic amines) is 2. The molecule has 3 fully saturated rings. The van der Waals surface area contributed by atoms with Crippen molar-refractivity contribution in [2.24, 2.45) is 11.3 Å². The quantitative estimate of drug-likeness (QED) is 0.860. The molecule has 3 aliphatic rings. The zero-order chi connectivity index (χ0) is 19.3. The molecule has 28 heavy (non-hydrogen) atoms. The first kappa shape index (κ1) is 17.8. The predicted octanol–water partition coefficient (Wildman–Crippen LogP) is 1.34. The first-order valence-electron chi connectivity index (χ1n) is 10.5. The molecule has 4 heterocycles. The highest BCUT2D eigenvalue weighted by Crippen LogP contribution is 2.41. The van der Waals surface area contributed by atoms with Gasteiger partial charge in [-0.05, 0) is 51.5 Å². The minimum atomic E-state index is -0.232. The third-order valence-corrected chi connectivity index (χ3v) is 6.84. The summed E-state index contributed by atoms with van der Waals surface area (Å²) in [6, 6.07) is 1.57. The number of nitrogens with one attached hydrogen (secondary N) is 1. The van der Waals surface area contributed by atoms with Gasteiger partial charge >= 0.3 is 0 Å². The van der Waals surface area contributed by atoms with E-state index in [0.29, 0.717) is 24.1 Å². The normalized spacial score (nSPS) is 26.5. The number of fused-ring (bicyclic) bond motifs is 1. The van der Waals surface area contributed by atoms with E-state index in [0.717, 1.165) is 57.1 Å². The summed E-state index contributed by atoms with van der Waals surface area (Å²) in [6.07, 6.45) is 6.87. The summed E-state index contributed by atoms with van der Waals surface area (Å²) < 4.78 is 1.37. The molecule has 1 amide bonds. The molecular weight excluding hydrogens is 356 g/mol. The van der Waals surface area contributed by atoms with E-state index in [4.69, 9.17) is 0 Å². The minimum Gasteiger partial charge on any atom is -0.342 e. The van der Waals surface area contributed by atoms with Gasteiger partial charge in [-0.3, -0.25) is 19.6 Å². The Labute approximate surface area is 163 Å². The average Bonchev–Trinajstić information content (AvgIpc) is 3.19. The van der Waals surface area contributed by atoms with Gasteiger partial charge in [0.2, 0.25) is 5.91 Å². The molecule has 2 aromatic rings. The fourth-order valence-electron chi connectivity index (χ4n) is 5.13. The van der Waals surface area contributed by atoms with Crippen LogP contribution in [0.5, 0.6) is 0 Å². The van der Waals surface area contributed by atoms with Gasteiger partial charge in [0.25, 0.3) is 11.3 Å². The van der Waals surface area contributed by atoms with Crippen molar-refractivity contribution in [3.63, 3.8) is 0 Å². The molecule has 8 nitrogen and oxygen atoms in total. The number of H-pyrrole nitrogens is 1. The number of amides is 1. The third-order valence-electron chi connectivity index (χ3n) is 6.84. The lowest BCUT2D eigenvalue weighted by atomic mass is 9.77. The molecule has 1 aliphatic carbocycles. The van der Waals surface area contributed by atoms with Gasteiger partial charge in [0.15, 0.2) is 0 Å². The van der Waals surface area contributed by atoms with Gasteiger partial charge in [0.05, 0.1) is 11.1 Å². The van der Waals surface area contributed by atoms with Crippen molar-refractivity contribution < 1.29 is 4.79 Å². The monoisotopic (exact) mass is 384 g/mol. The number of piperidine rings is 1. The summed E-state index contributed by atoms with van der Waals surface area (Å²) >= 11 is 0. The maximum Gasteiger partial charge on any atom is 0.274 e. The summed E-state index contributed by atoms with van der Waals surface area (Å²) in [4.78, 5) is 38.8. The molecule has 0 unspecified atom stereocenters. The maximum atomic E-state index is 13.3. The molecule has 5 rings (SSSR count). The van der Waals surface area contributed by atoms with Crippen molar-refractivity contribution in [3.05, 3.63) is 27.9 Å². The van der Waals surface area contributed by atoms with Gasteiger partial charge in [-0.15, -0.1) is 0 Å². The topological polar surface area (TPSA) is 86.6 Å². The molecule has 1 spiro atoms. The van der Waals surface area contributed by atoms with Crippen LogP contribution in [0, 0.1) is 18.3 Å². The van der Waals surface area contributed by atoms with Crippen molar-refractivity contribution in [2.45, 2.75) is 52.0 Å². The molecule has 0 radical (unpaired) electrons. The van der Waals surface area contributed by atoms with Crippen LogP contribution >= 0.6 is 0 Å². The van der Waals surface area contributed by atoms with E-state index in [1.165, 1.54) is 23.8 Å². The maximum absolute atomic E-state index is 13.3. The van der Waals surface area contributed by atoms with Gasteiger partial charge in [-0.25, -0.2) is 4.98 Å². The van der Waals surface area contributed by atoms with Crippen LogP contribution in [0.2, 0.25) is 0 Å². The standard InChI is InChI=1S/C20H28N6O2/c1-14-21-19-22-16(10-17(27)26(19)23-14)12-24-9-7-20(13-24)6-3-8-25(18(20)28)11-15-4-2-5-15/h10,15H,2-9,11-13H2,1H3,(H,21,22,23)/t20-/m0/s1. The average molecular weight is 384 g/mol. The fourth-order valence-corrected chi connectivity index (χ4v) is 5.13. The highest BCUT2D eigenvalue weighted by atomic mass is 16.2. The lowest BCUT2D eigenvalue weighted by Gasteiger charge is -2.42. The van der Waals surface area contributed by atoms with Crippen molar-refractivity contribution in [1.82, 2.24) is 29.4 Å². The first-order chi connectivity index (χ1) is 13.5. The SMILES string of the molecule is Cc1nc2nc(CN3CC[C@@]4(CCCN(CC5CCC5)C4=O)C3)cc(=O)n2[nH]1. The Morgan fingerprint density at radius 2 is 2.04 bits per heavy atom. The van der Waals surface area contributed by atoms with E-state index in [2.05, 4.69) is 24.9 Å². The Morgan fingerprint density at radius 1 is 1.18 bits per heavy atom. The van der Waals surface area contributed by atoms with E-state index in [1.807, 2.05) is 6.92 Å². The highest BCUT2D eigenvalue weighted by Gasteiger charge is 2.48. The van der Waals surface area contributed by atoms with Crippen molar-refractivity contribution >= 4 is 11.7 Å². The molecule has 1 atom stereocenters. The van der Waals surface area contributed by atoms with Crippen LogP contribution < -0.4 is 5.56 Å². The molecule has 2 aromatic heterocycles. The Kier molecular flexibility index (Phi) is 4.26. The van der Waals surface area contributed by atoms with E-state index in [1.54, 1.807) is 6.07 Å². The van der Waals surface area contributed by atoms with Gasteiger partial charge in [0.1, 0.15) is 5.82 Å². The molecule has 2 saturated heterocycles. The zero-order valence-electron chi connectivity index (χ0n) is 16.5. The van der Waals surface area contributed by atoms with Crippen LogP contribution in [0.25, 0.3) is 5.78 Å². The third kappa shape index (κ3) is 3.03.